The van der Waals surface area contributed by atoms with E-state index in [-0.39, 0.29) is 10.7 Å². The number of thiazole rings is 1. The highest BCUT2D eigenvalue weighted by molar-refractivity contribution is 7.13. The number of halogens is 4. The number of hydrogen-bond donors (Lipinski definition) is 4. The van der Waals surface area contributed by atoms with Crippen molar-refractivity contribution in [2.24, 2.45) is 4.99 Å². The fourth-order valence-electron chi connectivity index (χ4n) is 3.14. The Morgan fingerprint density at radius 1 is 1.24 bits per heavy atom. The predicted molar refractivity (Wildman–Crippen MR) is 119 cm³/mol. The molecule has 4 rings (SSSR count). The summed E-state index contributed by atoms with van der Waals surface area (Å²) < 4.78 is 39.1. The lowest BCUT2D eigenvalue weighted by Gasteiger charge is -2.28. The van der Waals surface area contributed by atoms with Gasteiger partial charge >= 0.3 is 6.18 Å². The van der Waals surface area contributed by atoms with Crippen LogP contribution in [0.2, 0.25) is 5.02 Å². The fourth-order valence-corrected chi connectivity index (χ4v) is 4.16. The molecule has 1 aliphatic rings. The molecule has 34 heavy (non-hydrogen) atoms. The van der Waals surface area contributed by atoms with Gasteiger partial charge < -0.3 is 16.0 Å². The number of pyridine rings is 1. The summed E-state index contributed by atoms with van der Waals surface area (Å²) in [5, 5.41) is 14.5. The number of carbonyl (C=O) groups is 2. The molecule has 0 fully saturated rings. The van der Waals surface area contributed by atoms with Gasteiger partial charge in [-0.1, -0.05) is 11.6 Å². The van der Waals surface area contributed by atoms with Gasteiger partial charge in [0.2, 0.25) is 0 Å². The van der Waals surface area contributed by atoms with E-state index in [1.165, 1.54) is 18.7 Å². The molecule has 0 saturated carbocycles. The molecule has 2 amide bonds. The second-order valence-corrected chi connectivity index (χ2v) is 8.86. The van der Waals surface area contributed by atoms with E-state index >= 15 is 0 Å². The Labute approximate surface area is 199 Å². The van der Waals surface area contributed by atoms with Crippen molar-refractivity contribution >= 4 is 52.7 Å². The lowest BCUT2D eigenvalue weighted by Crippen LogP contribution is -2.43. The van der Waals surface area contributed by atoms with Crippen molar-refractivity contribution in [3.8, 4) is 0 Å². The molecule has 0 spiro atoms. The summed E-state index contributed by atoms with van der Waals surface area (Å²) in [5.74, 6) is -0.876. The third kappa shape index (κ3) is 4.46. The first-order valence-corrected chi connectivity index (χ1v) is 10.8. The van der Waals surface area contributed by atoms with Crippen molar-refractivity contribution in [1.82, 2.24) is 25.5 Å². The van der Waals surface area contributed by atoms with Crippen LogP contribution in [-0.4, -0.2) is 38.3 Å². The summed E-state index contributed by atoms with van der Waals surface area (Å²) in [4.78, 5) is 37.7. The number of hydrogen-bond acceptors (Lipinski definition) is 8. The van der Waals surface area contributed by atoms with Crippen LogP contribution >= 0.6 is 22.9 Å². The largest absolute Gasteiger partial charge is 0.418 e. The van der Waals surface area contributed by atoms with Crippen LogP contribution in [0.3, 0.4) is 0 Å². The Kier molecular flexibility index (Phi) is 6.03. The van der Waals surface area contributed by atoms with Gasteiger partial charge in [-0.3, -0.25) is 19.7 Å². The van der Waals surface area contributed by atoms with Crippen LogP contribution in [0.4, 0.5) is 24.8 Å². The zero-order valence-electron chi connectivity index (χ0n) is 17.5. The topological polar surface area (TPSA) is 137 Å². The first kappa shape index (κ1) is 23.6. The monoisotopic (exact) mass is 512 g/mol. The Morgan fingerprint density at radius 2 is 2.00 bits per heavy atom. The molecule has 0 radical (unpaired) electrons. The zero-order chi connectivity index (χ0) is 24.7. The summed E-state index contributed by atoms with van der Waals surface area (Å²) in [6.45, 7) is 3.31. The van der Waals surface area contributed by atoms with Gasteiger partial charge in [-0.25, -0.2) is 9.97 Å². The van der Waals surface area contributed by atoms with Crippen LogP contribution in [0, 0.1) is 0 Å². The van der Waals surface area contributed by atoms with Crippen LogP contribution in [0.25, 0.3) is 0 Å². The van der Waals surface area contributed by atoms with Gasteiger partial charge in [0.1, 0.15) is 21.5 Å². The van der Waals surface area contributed by atoms with Crippen LogP contribution in [-0.2, 0) is 16.5 Å². The summed E-state index contributed by atoms with van der Waals surface area (Å²) in [7, 11) is 0. The van der Waals surface area contributed by atoms with Crippen molar-refractivity contribution in [3.63, 3.8) is 0 Å². The number of H-pyrrole nitrogens is 1. The molecule has 3 aromatic rings. The normalized spacial score (nSPS) is 18.1. The van der Waals surface area contributed by atoms with Gasteiger partial charge in [-0.2, -0.15) is 18.3 Å². The molecule has 2 atom stereocenters. The summed E-state index contributed by atoms with van der Waals surface area (Å²) in [5.41, 5.74) is -1.78. The maximum Gasteiger partial charge on any atom is 0.418 e. The minimum atomic E-state index is -4.70. The fraction of sp³-hybridized carbons (Fsp3) is 0.263. The molecule has 4 N–H and O–H groups in total. The van der Waals surface area contributed by atoms with E-state index in [0.717, 1.165) is 17.5 Å². The van der Waals surface area contributed by atoms with E-state index in [1.54, 1.807) is 13.8 Å². The van der Waals surface area contributed by atoms with Crippen molar-refractivity contribution < 1.29 is 22.8 Å². The summed E-state index contributed by atoms with van der Waals surface area (Å²) >= 11 is 6.52. The van der Waals surface area contributed by atoms with E-state index in [2.05, 4.69) is 41.1 Å². The van der Waals surface area contributed by atoms with E-state index in [9.17, 15) is 22.8 Å². The molecule has 0 aromatic carbocycles. The van der Waals surface area contributed by atoms with Crippen molar-refractivity contribution in [2.75, 3.05) is 10.6 Å². The molecule has 1 unspecified atom stereocenters. The predicted octanol–water partition coefficient (Wildman–Crippen LogP) is 3.73. The Hall–Kier alpha value is -3.52. The number of rotatable bonds is 5. The molecule has 0 saturated heterocycles. The standard InChI is InChI=1S/C19H16ClF3N8O2S/c1-8(29-17(33)18(2)10-4-28-31-14(10)26-7-27-18)16-25-6-12(34-16)15(32)30-13-3-9(19(21,22)23)11(20)5-24-13/h3-8H,1-2H3,(H,29,33)(H,24,30,32)(H2,26,27,28,31)/t8-,18?/m1/s1. The third-order valence-electron chi connectivity index (χ3n) is 5.01. The number of anilines is 2. The lowest BCUT2D eigenvalue weighted by atomic mass is 9.92. The SMILES string of the molecule is C[C@@H](NC(=O)C1(C)N=CNc2[nH]ncc21)c1ncc(C(=O)Nc2cc(C(F)(F)F)c(Cl)cn2)s1. The maximum absolute atomic E-state index is 13.0. The number of nitrogens with zero attached hydrogens (tertiary/aromatic N) is 4. The molecule has 10 nitrogen and oxygen atoms in total. The van der Waals surface area contributed by atoms with Gasteiger partial charge in [-0.15, -0.1) is 11.3 Å². The minimum absolute atomic E-state index is 0.115. The highest BCUT2D eigenvalue weighted by Gasteiger charge is 2.40. The number of aromatic nitrogens is 4. The molecule has 0 bridgehead atoms. The molecule has 0 aliphatic carbocycles. The van der Waals surface area contributed by atoms with Gasteiger partial charge in [0.15, 0.2) is 5.54 Å². The van der Waals surface area contributed by atoms with E-state index in [0.29, 0.717) is 22.5 Å². The summed E-state index contributed by atoms with van der Waals surface area (Å²) in [6, 6.07) is 0.0665. The van der Waals surface area contributed by atoms with E-state index in [1.807, 2.05) is 0 Å². The average Bonchev–Trinajstić information content (AvgIpc) is 3.45. The van der Waals surface area contributed by atoms with Crippen LogP contribution in [0.1, 0.15) is 45.7 Å². The first-order valence-electron chi connectivity index (χ1n) is 9.64. The first-order chi connectivity index (χ1) is 16.0. The molecule has 178 valence electrons. The number of amides is 2. The lowest BCUT2D eigenvalue weighted by molar-refractivity contribution is -0.137. The highest BCUT2D eigenvalue weighted by Crippen LogP contribution is 2.36. The van der Waals surface area contributed by atoms with Crippen LogP contribution in [0.15, 0.2) is 29.6 Å². The Bertz CT molecular complexity index is 1290. The number of fused-ring (bicyclic) bond motifs is 1. The average molecular weight is 513 g/mol. The maximum atomic E-state index is 13.0. The molecular weight excluding hydrogens is 497 g/mol. The number of carbonyl (C=O) groups excluding carboxylic acids is 2. The quantitative estimate of drug-likeness (QED) is 0.411. The molecule has 4 heterocycles. The van der Waals surface area contributed by atoms with Gasteiger partial charge in [0, 0.05) is 6.20 Å². The molecule has 15 heteroatoms. The van der Waals surface area contributed by atoms with Gasteiger partial charge in [-0.05, 0) is 19.9 Å². The Balaban J connectivity index is 1.45. The zero-order valence-corrected chi connectivity index (χ0v) is 19.1. The number of aliphatic imine (C=N–C) groups is 1. The molecule has 3 aromatic heterocycles. The second-order valence-electron chi connectivity index (χ2n) is 7.39. The van der Waals surface area contributed by atoms with Crippen molar-refractivity contribution in [1.29, 1.82) is 0 Å². The van der Waals surface area contributed by atoms with Crippen molar-refractivity contribution in [2.45, 2.75) is 31.6 Å². The minimum Gasteiger partial charge on any atom is -0.345 e. The van der Waals surface area contributed by atoms with Crippen molar-refractivity contribution in [3.05, 3.63) is 50.7 Å². The van der Waals surface area contributed by atoms with Crippen LogP contribution in [0.5, 0.6) is 0 Å². The molecule has 1 aliphatic heterocycles. The van der Waals surface area contributed by atoms with E-state index in [4.69, 9.17) is 11.6 Å². The third-order valence-corrected chi connectivity index (χ3v) is 6.49. The highest BCUT2D eigenvalue weighted by atomic mass is 35.5. The smallest absolute Gasteiger partial charge is 0.345 e. The second kappa shape index (κ2) is 8.68. The van der Waals surface area contributed by atoms with Gasteiger partial charge in [0.05, 0.1) is 40.9 Å². The van der Waals surface area contributed by atoms with Crippen LogP contribution < -0.4 is 16.0 Å². The number of aromatic amines is 1. The number of nitrogens with one attached hydrogen (secondary N) is 4. The summed E-state index contributed by atoms with van der Waals surface area (Å²) in [6.07, 6.45) is 0.273. The molecular formula is C19H16ClF3N8O2S. The Morgan fingerprint density at radius 3 is 2.74 bits per heavy atom. The number of alkyl halides is 3. The van der Waals surface area contributed by atoms with Gasteiger partial charge in [0.25, 0.3) is 11.8 Å². The van der Waals surface area contributed by atoms with E-state index < -0.39 is 40.2 Å².